The van der Waals surface area contributed by atoms with Gasteiger partial charge in [-0.1, -0.05) is 0 Å². The summed E-state index contributed by atoms with van der Waals surface area (Å²) in [5.74, 6) is 0.348. The molecule has 3 rings (SSSR count). The number of likely N-dealkylation sites (tertiary alicyclic amines) is 1. The molecule has 1 aromatic heterocycles. The largest absolute Gasteiger partial charge is 0.444 e. The number of piperazine rings is 1. The molecule has 2 aliphatic heterocycles. The molecule has 0 unspecified atom stereocenters. The van der Waals surface area contributed by atoms with Crippen LogP contribution in [-0.2, 0) is 10.9 Å². The highest BCUT2D eigenvalue weighted by Crippen LogP contribution is 2.28. The summed E-state index contributed by atoms with van der Waals surface area (Å²) in [7, 11) is 0. The smallest absolute Gasteiger partial charge is 0.434 e. The van der Waals surface area contributed by atoms with E-state index in [2.05, 4.69) is 15.3 Å². The Labute approximate surface area is 197 Å². The highest BCUT2D eigenvalue weighted by atomic mass is 19.4. The van der Waals surface area contributed by atoms with E-state index in [9.17, 15) is 22.8 Å². The summed E-state index contributed by atoms with van der Waals surface area (Å²) >= 11 is 0. The fourth-order valence-corrected chi connectivity index (χ4v) is 4.32. The maximum atomic E-state index is 13.0. The lowest BCUT2D eigenvalue weighted by atomic mass is 10.0. The normalized spacial score (nSPS) is 22.5. The number of piperidine rings is 1. The number of hydrogen-bond donors (Lipinski definition) is 1. The minimum absolute atomic E-state index is 0.0515. The number of aromatic nitrogens is 2. The summed E-state index contributed by atoms with van der Waals surface area (Å²) in [6.07, 6.45) is -1.76. The van der Waals surface area contributed by atoms with E-state index in [1.807, 2.05) is 39.5 Å². The Balaban J connectivity index is 1.52. The first-order valence-electron chi connectivity index (χ1n) is 11.5. The summed E-state index contributed by atoms with van der Waals surface area (Å²) in [4.78, 5) is 37.9. The fourth-order valence-electron chi connectivity index (χ4n) is 4.32. The van der Waals surface area contributed by atoms with Crippen molar-refractivity contribution in [2.75, 3.05) is 31.1 Å². The van der Waals surface area contributed by atoms with Crippen molar-refractivity contribution in [3.8, 4) is 0 Å². The Morgan fingerprint density at radius 2 is 1.62 bits per heavy atom. The molecule has 0 radical (unpaired) electrons. The third kappa shape index (κ3) is 6.41. The predicted molar refractivity (Wildman–Crippen MR) is 119 cm³/mol. The number of rotatable bonds is 2. The van der Waals surface area contributed by atoms with Crippen molar-refractivity contribution in [2.45, 2.75) is 77.4 Å². The molecule has 1 aromatic rings. The average molecular weight is 487 g/mol. The minimum Gasteiger partial charge on any atom is -0.444 e. The zero-order chi connectivity index (χ0) is 25.3. The van der Waals surface area contributed by atoms with Crippen molar-refractivity contribution >= 4 is 17.9 Å². The van der Waals surface area contributed by atoms with Crippen LogP contribution in [0.1, 0.15) is 53.2 Å². The molecule has 0 bridgehead atoms. The molecule has 2 aliphatic rings. The van der Waals surface area contributed by atoms with Gasteiger partial charge in [0.05, 0.1) is 12.4 Å². The maximum absolute atomic E-state index is 13.0. The van der Waals surface area contributed by atoms with Crippen molar-refractivity contribution in [1.29, 1.82) is 0 Å². The molecule has 12 heteroatoms. The van der Waals surface area contributed by atoms with Gasteiger partial charge in [-0.25, -0.2) is 19.6 Å². The second kappa shape index (κ2) is 9.83. The number of ether oxygens (including phenoxy) is 1. The van der Waals surface area contributed by atoms with E-state index < -0.39 is 17.5 Å². The number of urea groups is 1. The van der Waals surface area contributed by atoms with Gasteiger partial charge in [-0.05, 0) is 47.5 Å². The van der Waals surface area contributed by atoms with Crippen LogP contribution in [0.3, 0.4) is 0 Å². The van der Waals surface area contributed by atoms with E-state index in [0.717, 1.165) is 12.4 Å². The summed E-state index contributed by atoms with van der Waals surface area (Å²) in [6.45, 7) is 11.1. The van der Waals surface area contributed by atoms with Gasteiger partial charge in [0, 0.05) is 44.3 Å². The van der Waals surface area contributed by atoms with Crippen LogP contribution in [0, 0.1) is 0 Å². The van der Waals surface area contributed by atoms with E-state index in [4.69, 9.17) is 4.74 Å². The van der Waals surface area contributed by atoms with Gasteiger partial charge in [-0.2, -0.15) is 13.2 Å². The lowest BCUT2D eigenvalue weighted by Crippen LogP contribution is -2.62. The number of nitrogens with zero attached hydrogens (tertiary/aromatic N) is 5. The molecule has 34 heavy (non-hydrogen) atoms. The first-order valence-corrected chi connectivity index (χ1v) is 11.5. The molecule has 3 heterocycles. The number of carbonyl (C=O) groups excluding carboxylic acids is 2. The average Bonchev–Trinajstić information content (AvgIpc) is 2.72. The van der Waals surface area contributed by atoms with Crippen LogP contribution in [0.15, 0.2) is 12.4 Å². The van der Waals surface area contributed by atoms with E-state index in [1.54, 1.807) is 9.80 Å². The second-order valence-electron chi connectivity index (χ2n) is 9.96. The zero-order valence-corrected chi connectivity index (χ0v) is 20.2. The Bertz CT molecular complexity index is 854. The molecule has 2 saturated heterocycles. The Hall–Kier alpha value is -2.79. The van der Waals surface area contributed by atoms with Gasteiger partial charge in [0.2, 0.25) is 0 Å². The summed E-state index contributed by atoms with van der Waals surface area (Å²) in [5.41, 5.74) is -1.59. The first-order chi connectivity index (χ1) is 15.7. The third-order valence-corrected chi connectivity index (χ3v) is 5.88. The number of halogens is 3. The highest BCUT2D eigenvalue weighted by Gasteiger charge is 2.36. The maximum Gasteiger partial charge on any atom is 0.434 e. The van der Waals surface area contributed by atoms with Crippen molar-refractivity contribution < 1.29 is 27.5 Å². The SMILES string of the molecule is C[C@@H]1CN(c2cnc(C(F)(F)F)cn2)C[C@H](C)N1C(=O)NC1CCN(C(=O)OC(C)(C)C)CC1. The van der Waals surface area contributed by atoms with Gasteiger partial charge >= 0.3 is 18.3 Å². The number of anilines is 1. The Kier molecular flexibility index (Phi) is 7.47. The molecule has 3 amide bonds. The van der Waals surface area contributed by atoms with E-state index in [0.29, 0.717) is 44.8 Å². The van der Waals surface area contributed by atoms with Crippen LogP contribution in [0.2, 0.25) is 0 Å². The van der Waals surface area contributed by atoms with E-state index in [-0.39, 0.29) is 30.2 Å². The molecule has 9 nitrogen and oxygen atoms in total. The van der Waals surface area contributed by atoms with Gasteiger partial charge in [-0.3, -0.25) is 0 Å². The molecule has 0 aromatic carbocycles. The summed E-state index contributed by atoms with van der Waals surface area (Å²) < 4.78 is 43.7. The quantitative estimate of drug-likeness (QED) is 0.688. The van der Waals surface area contributed by atoms with Crippen LogP contribution in [0.25, 0.3) is 0 Å². The predicted octanol–water partition coefficient (Wildman–Crippen LogP) is 3.50. The number of alkyl halides is 3. The molecular formula is C22H33F3N6O3. The second-order valence-corrected chi connectivity index (χ2v) is 9.96. The summed E-state index contributed by atoms with van der Waals surface area (Å²) in [6, 6.07) is -0.609. The standard InChI is InChI=1S/C22H33F3N6O3/c1-14-12-30(18-11-26-17(10-27-18)22(23,24)25)13-15(2)31(14)19(32)28-16-6-8-29(9-7-16)20(33)34-21(3,4)5/h10-11,14-16H,6-9,12-13H2,1-5H3,(H,28,32)/t14-,15+. The number of nitrogens with one attached hydrogen (secondary N) is 1. The first kappa shape index (κ1) is 25.8. The van der Waals surface area contributed by atoms with Gasteiger partial charge < -0.3 is 24.8 Å². The third-order valence-electron chi connectivity index (χ3n) is 5.88. The Morgan fingerprint density at radius 1 is 1.03 bits per heavy atom. The monoisotopic (exact) mass is 486 g/mol. The summed E-state index contributed by atoms with van der Waals surface area (Å²) in [5, 5.41) is 3.07. The molecule has 0 spiro atoms. The van der Waals surface area contributed by atoms with Crippen LogP contribution < -0.4 is 10.2 Å². The minimum atomic E-state index is -4.54. The van der Waals surface area contributed by atoms with Gasteiger partial charge in [-0.15, -0.1) is 0 Å². The number of amides is 3. The van der Waals surface area contributed by atoms with Gasteiger partial charge in [0.1, 0.15) is 11.4 Å². The lowest BCUT2D eigenvalue weighted by Gasteiger charge is -2.45. The molecule has 1 N–H and O–H groups in total. The van der Waals surface area contributed by atoms with Crippen LogP contribution in [-0.4, -0.2) is 81.8 Å². The molecule has 0 saturated carbocycles. The van der Waals surface area contributed by atoms with Crippen LogP contribution in [0.5, 0.6) is 0 Å². The van der Waals surface area contributed by atoms with Crippen LogP contribution in [0.4, 0.5) is 28.6 Å². The fraction of sp³-hybridized carbons (Fsp3) is 0.727. The van der Waals surface area contributed by atoms with Crippen LogP contribution >= 0.6 is 0 Å². The van der Waals surface area contributed by atoms with Crippen molar-refractivity contribution in [1.82, 2.24) is 25.1 Å². The topological polar surface area (TPSA) is 90.9 Å². The van der Waals surface area contributed by atoms with Crippen molar-refractivity contribution in [2.24, 2.45) is 0 Å². The molecule has 190 valence electrons. The van der Waals surface area contributed by atoms with E-state index >= 15 is 0 Å². The van der Waals surface area contributed by atoms with Crippen molar-refractivity contribution in [3.05, 3.63) is 18.1 Å². The van der Waals surface area contributed by atoms with Crippen molar-refractivity contribution in [3.63, 3.8) is 0 Å². The van der Waals surface area contributed by atoms with Gasteiger partial charge in [0.15, 0.2) is 5.69 Å². The number of carbonyl (C=O) groups is 2. The van der Waals surface area contributed by atoms with Gasteiger partial charge in [0.25, 0.3) is 0 Å². The molecule has 0 aliphatic carbocycles. The zero-order valence-electron chi connectivity index (χ0n) is 20.2. The molecular weight excluding hydrogens is 453 g/mol. The van der Waals surface area contributed by atoms with E-state index in [1.165, 1.54) is 0 Å². The highest BCUT2D eigenvalue weighted by molar-refractivity contribution is 5.76. The molecule has 2 fully saturated rings. The molecule has 2 atom stereocenters. The lowest BCUT2D eigenvalue weighted by molar-refractivity contribution is -0.141. The number of hydrogen-bond acceptors (Lipinski definition) is 6. The Morgan fingerprint density at radius 3 is 2.09 bits per heavy atom.